The maximum Gasteiger partial charge on any atom is 0.330 e. The molecule has 26 heavy (non-hydrogen) atoms. The summed E-state index contributed by atoms with van der Waals surface area (Å²) in [5.74, 6) is 0.315. The molecule has 1 aromatic carbocycles. The Kier molecular flexibility index (Phi) is 6.84. The quantitative estimate of drug-likeness (QED) is 0.386. The Morgan fingerprint density at radius 3 is 2.31 bits per heavy atom. The maximum atomic E-state index is 11.2. The summed E-state index contributed by atoms with van der Waals surface area (Å²) < 4.78 is 5.03. The largest absolute Gasteiger partial charge is 0.456 e. The van der Waals surface area contributed by atoms with Gasteiger partial charge in [0.2, 0.25) is 0 Å². The highest BCUT2D eigenvalue weighted by Gasteiger charge is 2.12. The molecule has 0 amide bonds. The van der Waals surface area contributed by atoms with Crippen molar-refractivity contribution in [3.05, 3.63) is 71.6 Å². The molecule has 2 rings (SSSR count). The van der Waals surface area contributed by atoms with E-state index < -0.39 is 5.97 Å². The van der Waals surface area contributed by atoms with Crippen molar-refractivity contribution in [2.45, 2.75) is 46.1 Å². The maximum absolute atomic E-state index is 11.2. The number of hydrogen-bond acceptors (Lipinski definition) is 4. The Balaban J connectivity index is 2.30. The number of hydrogen-bond donors (Lipinski definition) is 0. The second-order valence-corrected chi connectivity index (χ2v) is 6.72. The summed E-state index contributed by atoms with van der Waals surface area (Å²) in [5.41, 5.74) is 4.87. The molecule has 0 unspecified atom stereocenters. The zero-order valence-corrected chi connectivity index (χ0v) is 15.9. The first kappa shape index (κ1) is 19.6. The van der Waals surface area contributed by atoms with Crippen molar-refractivity contribution < 1.29 is 9.53 Å². The number of aliphatic imine (C=N–C) groups is 1. The lowest BCUT2D eigenvalue weighted by atomic mass is 9.93. The summed E-state index contributed by atoms with van der Waals surface area (Å²) in [6.45, 7) is 12.2. The third-order valence-electron chi connectivity index (χ3n) is 4.03. The Morgan fingerprint density at radius 2 is 1.73 bits per heavy atom. The molecule has 1 aromatic heterocycles. The van der Waals surface area contributed by atoms with Gasteiger partial charge in [0, 0.05) is 6.08 Å². The summed E-state index contributed by atoms with van der Waals surface area (Å²) in [4.78, 5) is 20.4. The number of benzene rings is 1. The SMILES string of the molecule is C=CC(=O)OCc1cccc(C=Nc2c(C(C)C)cccc2C(C)C)n1. The molecule has 0 bridgehead atoms. The van der Waals surface area contributed by atoms with Crippen LogP contribution in [-0.2, 0) is 16.1 Å². The molecule has 0 aliphatic rings. The zero-order valence-electron chi connectivity index (χ0n) is 15.9. The van der Waals surface area contributed by atoms with E-state index in [9.17, 15) is 4.79 Å². The molecule has 4 heteroatoms. The fourth-order valence-corrected chi connectivity index (χ4v) is 2.65. The molecule has 0 N–H and O–H groups in total. The molecule has 4 nitrogen and oxygen atoms in total. The van der Waals surface area contributed by atoms with Crippen molar-refractivity contribution in [2.24, 2.45) is 4.99 Å². The lowest BCUT2D eigenvalue weighted by Gasteiger charge is -2.16. The average molecular weight is 350 g/mol. The average Bonchev–Trinajstić information content (AvgIpc) is 2.64. The van der Waals surface area contributed by atoms with Crippen LogP contribution in [0, 0.1) is 0 Å². The topological polar surface area (TPSA) is 51.5 Å². The molecular formula is C22H26N2O2. The number of pyridine rings is 1. The Hall–Kier alpha value is -2.75. The van der Waals surface area contributed by atoms with E-state index in [0.29, 0.717) is 17.5 Å². The van der Waals surface area contributed by atoms with E-state index in [1.807, 2.05) is 18.2 Å². The number of nitrogens with zero attached hydrogens (tertiary/aromatic N) is 2. The predicted octanol–water partition coefficient (Wildman–Crippen LogP) is 5.31. The third-order valence-corrected chi connectivity index (χ3v) is 4.03. The van der Waals surface area contributed by atoms with Gasteiger partial charge in [-0.2, -0.15) is 0 Å². The van der Waals surface area contributed by atoms with Crippen molar-refractivity contribution in [3.8, 4) is 0 Å². The van der Waals surface area contributed by atoms with E-state index in [1.165, 1.54) is 11.1 Å². The Morgan fingerprint density at radius 1 is 1.12 bits per heavy atom. The second-order valence-electron chi connectivity index (χ2n) is 6.72. The van der Waals surface area contributed by atoms with Crippen molar-refractivity contribution in [1.82, 2.24) is 4.98 Å². The Labute approximate surface area is 155 Å². The molecule has 2 aromatic rings. The predicted molar refractivity (Wildman–Crippen MR) is 106 cm³/mol. The monoisotopic (exact) mass is 350 g/mol. The van der Waals surface area contributed by atoms with Crippen LogP contribution in [-0.4, -0.2) is 17.2 Å². The van der Waals surface area contributed by atoms with Crippen LogP contribution in [0.5, 0.6) is 0 Å². The number of carbonyl (C=O) groups is 1. The van der Waals surface area contributed by atoms with Crippen LogP contribution in [0.15, 0.2) is 54.0 Å². The van der Waals surface area contributed by atoms with E-state index in [2.05, 4.69) is 57.5 Å². The summed E-state index contributed by atoms with van der Waals surface area (Å²) in [6.07, 6.45) is 2.91. The number of ether oxygens (including phenoxy) is 1. The van der Waals surface area contributed by atoms with Crippen molar-refractivity contribution >= 4 is 17.9 Å². The van der Waals surface area contributed by atoms with Gasteiger partial charge in [0.05, 0.1) is 23.3 Å². The van der Waals surface area contributed by atoms with Gasteiger partial charge in [0.1, 0.15) is 6.61 Å². The minimum atomic E-state index is -0.460. The van der Waals surface area contributed by atoms with Gasteiger partial charge in [-0.25, -0.2) is 9.78 Å². The molecule has 0 aliphatic carbocycles. The highest BCUT2D eigenvalue weighted by Crippen LogP contribution is 2.34. The van der Waals surface area contributed by atoms with Gasteiger partial charge < -0.3 is 4.74 Å². The van der Waals surface area contributed by atoms with Gasteiger partial charge in [-0.1, -0.05) is 58.5 Å². The number of para-hydroxylation sites is 1. The number of rotatable bonds is 7. The van der Waals surface area contributed by atoms with Gasteiger partial charge in [-0.15, -0.1) is 0 Å². The van der Waals surface area contributed by atoms with E-state index in [0.717, 1.165) is 17.5 Å². The molecule has 136 valence electrons. The molecule has 0 atom stereocenters. The summed E-state index contributed by atoms with van der Waals surface area (Å²) in [5, 5.41) is 0. The third kappa shape index (κ3) is 5.12. The second kappa shape index (κ2) is 9.09. The highest BCUT2D eigenvalue weighted by atomic mass is 16.5. The van der Waals surface area contributed by atoms with Crippen LogP contribution in [0.2, 0.25) is 0 Å². The normalized spacial score (nSPS) is 11.3. The van der Waals surface area contributed by atoms with Crippen molar-refractivity contribution in [1.29, 1.82) is 0 Å². The highest BCUT2D eigenvalue weighted by molar-refractivity contribution is 5.81. The number of esters is 1. The van der Waals surface area contributed by atoms with Gasteiger partial charge in [-0.05, 0) is 35.1 Å². The van der Waals surface area contributed by atoms with E-state index in [4.69, 9.17) is 9.73 Å². The lowest BCUT2D eigenvalue weighted by Crippen LogP contribution is -2.03. The standard InChI is InChI=1S/C22H26N2O2/c1-6-21(25)26-14-18-10-7-9-17(24-18)13-23-22-19(15(2)3)11-8-12-20(22)16(4)5/h6-13,15-16H,1,14H2,2-5H3. The fraction of sp³-hybridized carbons (Fsp3) is 0.318. The van der Waals surface area contributed by atoms with Gasteiger partial charge in [0.15, 0.2) is 0 Å². The van der Waals surface area contributed by atoms with Gasteiger partial charge >= 0.3 is 5.97 Å². The van der Waals surface area contributed by atoms with E-state index in [1.54, 1.807) is 6.21 Å². The zero-order chi connectivity index (χ0) is 19.1. The molecule has 0 saturated heterocycles. The van der Waals surface area contributed by atoms with Crippen LogP contribution < -0.4 is 0 Å². The number of carbonyl (C=O) groups excluding carboxylic acids is 1. The summed E-state index contributed by atoms with van der Waals surface area (Å²) >= 11 is 0. The lowest BCUT2D eigenvalue weighted by molar-refractivity contribution is -0.139. The first-order valence-corrected chi connectivity index (χ1v) is 8.84. The molecule has 0 fully saturated rings. The molecule has 0 radical (unpaired) electrons. The van der Waals surface area contributed by atoms with E-state index >= 15 is 0 Å². The van der Waals surface area contributed by atoms with Crippen LogP contribution >= 0.6 is 0 Å². The van der Waals surface area contributed by atoms with Crippen LogP contribution in [0.1, 0.15) is 62.0 Å². The molecule has 0 spiro atoms. The van der Waals surface area contributed by atoms with Crippen LogP contribution in [0.4, 0.5) is 5.69 Å². The number of aromatic nitrogens is 1. The molecule has 0 aliphatic heterocycles. The van der Waals surface area contributed by atoms with Gasteiger partial charge in [-0.3, -0.25) is 4.99 Å². The van der Waals surface area contributed by atoms with E-state index in [-0.39, 0.29) is 6.61 Å². The summed E-state index contributed by atoms with van der Waals surface area (Å²) in [7, 11) is 0. The first-order valence-electron chi connectivity index (χ1n) is 8.84. The molecular weight excluding hydrogens is 324 g/mol. The van der Waals surface area contributed by atoms with Crippen molar-refractivity contribution in [3.63, 3.8) is 0 Å². The van der Waals surface area contributed by atoms with Crippen LogP contribution in [0.3, 0.4) is 0 Å². The van der Waals surface area contributed by atoms with Crippen LogP contribution in [0.25, 0.3) is 0 Å². The first-order chi connectivity index (χ1) is 12.4. The fourth-order valence-electron chi connectivity index (χ4n) is 2.65. The van der Waals surface area contributed by atoms with Gasteiger partial charge in [0.25, 0.3) is 0 Å². The molecule has 0 saturated carbocycles. The summed E-state index contributed by atoms with van der Waals surface area (Å²) in [6, 6.07) is 11.9. The minimum absolute atomic E-state index is 0.117. The Bertz CT molecular complexity index is 781. The molecule has 1 heterocycles. The smallest absolute Gasteiger partial charge is 0.330 e. The van der Waals surface area contributed by atoms with Crippen molar-refractivity contribution in [2.75, 3.05) is 0 Å². The minimum Gasteiger partial charge on any atom is -0.456 e.